The first-order chi connectivity index (χ1) is 10.2. The zero-order chi connectivity index (χ0) is 15.1. The second-order valence-corrected chi connectivity index (χ2v) is 7.62. The summed E-state index contributed by atoms with van der Waals surface area (Å²) in [4.78, 5) is 2.93. The molecule has 1 heterocycles. The highest BCUT2D eigenvalue weighted by Gasteiger charge is 2.43. The molecule has 0 bridgehead atoms. The van der Waals surface area contributed by atoms with Gasteiger partial charge in [-0.05, 0) is 31.6 Å². The maximum atomic E-state index is 3.88. The summed E-state index contributed by atoms with van der Waals surface area (Å²) in [7, 11) is 0. The van der Waals surface area contributed by atoms with E-state index in [-0.39, 0.29) is 0 Å². The smallest absolute Gasteiger partial charge is 0.0334 e. The van der Waals surface area contributed by atoms with E-state index in [0.29, 0.717) is 5.54 Å². The largest absolute Gasteiger partial charge is 0.311 e. The van der Waals surface area contributed by atoms with E-state index in [2.05, 4.69) is 31.0 Å². The van der Waals surface area contributed by atoms with Crippen molar-refractivity contribution in [2.45, 2.75) is 96.6 Å². The van der Waals surface area contributed by atoms with Gasteiger partial charge >= 0.3 is 0 Å². The molecule has 0 radical (unpaired) electrons. The minimum Gasteiger partial charge on any atom is -0.311 e. The van der Waals surface area contributed by atoms with Gasteiger partial charge in [0.2, 0.25) is 0 Å². The van der Waals surface area contributed by atoms with E-state index in [1.54, 1.807) is 0 Å². The van der Waals surface area contributed by atoms with E-state index in [1.807, 2.05) is 0 Å². The van der Waals surface area contributed by atoms with Crippen LogP contribution in [0.25, 0.3) is 0 Å². The van der Waals surface area contributed by atoms with E-state index < -0.39 is 0 Å². The van der Waals surface area contributed by atoms with Crippen LogP contribution in [0.15, 0.2) is 0 Å². The van der Waals surface area contributed by atoms with Crippen molar-refractivity contribution in [2.75, 3.05) is 19.6 Å². The molecule has 0 aromatic heterocycles. The van der Waals surface area contributed by atoms with Gasteiger partial charge in [0.05, 0.1) is 0 Å². The molecule has 0 aromatic rings. The first-order valence-electron chi connectivity index (χ1n) is 9.72. The molecule has 1 spiro atoms. The van der Waals surface area contributed by atoms with Crippen molar-refractivity contribution in [3.05, 3.63) is 0 Å². The summed E-state index contributed by atoms with van der Waals surface area (Å²) in [6, 6.07) is 0.741. The van der Waals surface area contributed by atoms with Gasteiger partial charge in [-0.3, -0.25) is 4.90 Å². The summed E-state index contributed by atoms with van der Waals surface area (Å²) in [5.41, 5.74) is 0.518. The Morgan fingerprint density at radius 3 is 2.52 bits per heavy atom. The average molecular weight is 295 g/mol. The van der Waals surface area contributed by atoms with Gasteiger partial charge in [-0.2, -0.15) is 0 Å². The molecular formula is C19H38N2. The molecule has 2 unspecified atom stereocenters. The van der Waals surface area contributed by atoms with Crippen molar-refractivity contribution in [3.8, 4) is 0 Å². The summed E-state index contributed by atoms with van der Waals surface area (Å²) in [5.74, 6) is 0.919. The molecule has 1 aliphatic carbocycles. The highest BCUT2D eigenvalue weighted by atomic mass is 15.3. The number of hydrogen-bond donors (Lipinski definition) is 1. The SMILES string of the molecule is CCCCC(CC)CN1CC(CCC)NCC12CCCC2. The molecule has 2 fully saturated rings. The zero-order valence-electron chi connectivity index (χ0n) is 14.8. The number of hydrogen-bond acceptors (Lipinski definition) is 2. The lowest BCUT2D eigenvalue weighted by Gasteiger charge is -2.49. The van der Waals surface area contributed by atoms with Crippen LogP contribution in [-0.2, 0) is 0 Å². The molecule has 21 heavy (non-hydrogen) atoms. The van der Waals surface area contributed by atoms with E-state index in [0.717, 1.165) is 12.0 Å². The fourth-order valence-electron chi connectivity index (χ4n) is 4.54. The Morgan fingerprint density at radius 2 is 1.90 bits per heavy atom. The van der Waals surface area contributed by atoms with Crippen LogP contribution in [0, 0.1) is 5.92 Å². The third-order valence-electron chi connectivity index (χ3n) is 6.02. The topological polar surface area (TPSA) is 15.3 Å². The van der Waals surface area contributed by atoms with Gasteiger partial charge in [-0.1, -0.05) is 59.3 Å². The van der Waals surface area contributed by atoms with Gasteiger partial charge in [0, 0.05) is 31.2 Å². The van der Waals surface area contributed by atoms with Crippen molar-refractivity contribution in [3.63, 3.8) is 0 Å². The Labute approximate surface area is 133 Å². The summed E-state index contributed by atoms with van der Waals surface area (Å²) in [6.45, 7) is 11.0. The predicted octanol–water partition coefficient (Wildman–Crippen LogP) is 4.59. The summed E-state index contributed by atoms with van der Waals surface area (Å²) in [5, 5.41) is 3.88. The molecule has 1 aliphatic heterocycles. The van der Waals surface area contributed by atoms with Crippen LogP contribution < -0.4 is 5.32 Å². The summed E-state index contributed by atoms with van der Waals surface area (Å²) in [6.07, 6.45) is 14.0. The maximum absolute atomic E-state index is 3.88. The van der Waals surface area contributed by atoms with Crippen LogP contribution in [0.2, 0.25) is 0 Å². The van der Waals surface area contributed by atoms with Gasteiger partial charge in [-0.25, -0.2) is 0 Å². The first kappa shape index (κ1) is 17.3. The molecule has 0 aromatic carbocycles. The van der Waals surface area contributed by atoms with Gasteiger partial charge in [-0.15, -0.1) is 0 Å². The van der Waals surface area contributed by atoms with Gasteiger partial charge in [0.1, 0.15) is 0 Å². The summed E-state index contributed by atoms with van der Waals surface area (Å²) < 4.78 is 0. The van der Waals surface area contributed by atoms with E-state index >= 15 is 0 Å². The molecule has 1 saturated carbocycles. The van der Waals surface area contributed by atoms with Crippen molar-refractivity contribution in [2.24, 2.45) is 5.92 Å². The first-order valence-corrected chi connectivity index (χ1v) is 9.72. The molecule has 1 N–H and O–H groups in total. The lowest BCUT2D eigenvalue weighted by molar-refractivity contribution is 0.0254. The van der Waals surface area contributed by atoms with Gasteiger partial charge < -0.3 is 5.32 Å². The average Bonchev–Trinajstić information content (AvgIpc) is 2.96. The number of rotatable bonds is 8. The zero-order valence-corrected chi connectivity index (χ0v) is 14.8. The molecule has 2 aliphatic rings. The molecule has 2 rings (SSSR count). The normalized spacial score (nSPS) is 27.3. The quantitative estimate of drug-likeness (QED) is 0.704. The van der Waals surface area contributed by atoms with E-state index in [9.17, 15) is 0 Å². The molecule has 2 nitrogen and oxygen atoms in total. The van der Waals surface area contributed by atoms with Crippen LogP contribution in [0.1, 0.15) is 85.0 Å². The van der Waals surface area contributed by atoms with E-state index in [4.69, 9.17) is 0 Å². The van der Waals surface area contributed by atoms with Crippen molar-refractivity contribution in [1.82, 2.24) is 10.2 Å². The van der Waals surface area contributed by atoms with Crippen LogP contribution in [0.3, 0.4) is 0 Å². The monoisotopic (exact) mass is 294 g/mol. The molecule has 2 heteroatoms. The number of nitrogens with zero attached hydrogens (tertiary/aromatic N) is 1. The van der Waals surface area contributed by atoms with Crippen LogP contribution in [0.5, 0.6) is 0 Å². The fourth-order valence-corrected chi connectivity index (χ4v) is 4.54. The Hall–Kier alpha value is -0.0800. The summed E-state index contributed by atoms with van der Waals surface area (Å²) >= 11 is 0. The molecular weight excluding hydrogens is 256 g/mol. The third kappa shape index (κ3) is 4.45. The second-order valence-electron chi connectivity index (χ2n) is 7.62. The van der Waals surface area contributed by atoms with Gasteiger partial charge in [0.25, 0.3) is 0 Å². The highest BCUT2D eigenvalue weighted by Crippen LogP contribution is 2.38. The van der Waals surface area contributed by atoms with Gasteiger partial charge in [0.15, 0.2) is 0 Å². The lowest BCUT2D eigenvalue weighted by atomic mass is 9.87. The minimum absolute atomic E-state index is 0.518. The Morgan fingerprint density at radius 1 is 1.14 bits per heavy atom. The predicted molar refractivity (Wildman–Crippen MR) is 92.8 cm³/mol. The van der Waals surface area contributed by atoms with Crippen molar-refractivity contribution < 1.29 is 0 Å². The molecule has 1 saturated heterocycles. The van der Waals surface area contributed by atoms with Crippen molar-refractivity contribution in [1.29, 1.82) is 0 Å². The van der Waals surface area contributed by atoms with Crippen LogP contribution in [0.4, 0.5) is 0 Å². The second kappa shape index (κ2) is 8.53. The van der Waals surface area contributed by atoms with E-state index in [1.165, 1.54) is 83.8 Å². The Bertz CT molecular complexity index is 283. The van der Waals surface area contributed by atoms with Crippen molar-refractivity contribution >= 4 is 0 Å². The standard InChI is InChI=1S/C19H38N2/c1-4-7-11-17(6-3)14-21-15-18(10-5-2)20-16-19(21)12-8-9-13-19/h17-18,20H,4-16H2,1-3H3. The minimum atomic E-state index is 0.518. The maximum Gasteiger partial charge on any atom is 0.0334 e. The fraction of sp³-hybridized carbons (Fsp3) is 1.00. The third-order valence-corrected chi connectivity index (χ3v) is 6.02. The number of nitrogens with one attached hydrogen (secondary N) is 1. The Kier molecular flexibility index (Phi) is 7.01. The highest BCUT2D eigenvalue weighted by molar-refractivity contribution is 5.02. The Balaban J connectivity index is 1.98. The number of unbranched alkanes of at least 4 members (excludes halogenated alkanes) is 1. The molecule has 124 valence electrons. The van der Waals surface area contributed by atoms with Crippen LogP contribution in [-0.4, -0.2) is 36.1 Å². The molecule has 0 amide bonds. The number of piperazine rings is 1. The lowest BCUT2D eigenvalue weighted by Crippen LogP contribution is -2.64. The van der Waals surface area contributed by atoms with Crippen LogP contribution >= 0.6 is 0 Å². The molecule has 2 atom stereocenters.